The molecule has 4 aromatic rings. The van der Waals surface area contributed by atoms with E-state index < -0.39 is 5.97 Å². The van der Waals surface area contributed by atoms with Gasteiger partial charge in [-0.3, -0.25) is 0 Å². The minimum Gasteiger partial charge on any atom is -0.497 e. The molecule has 0 saturated heterocycles. The van der Waals surface area contributed by atoms with Gasteiger partial charge in [-0.1, -0.05) is 18.2 Å². The summed E-state index contributed by atoms with van der Waals surface area (Å²) in [6.07, 6.45) is 0. The lowest BCUT2D eigenvalue weighted by Crippen LogP contribution is -2.08. The highest BCUT2D eigenvalue weighted by molar-refractivity contribution is 7.08. The number of ether oxygens (including phenoxy) is 2. The molecule has 0 spiro atoms. The van der Waals surface area contributed by atoms with E-state index in [1.165, 1.54) is 24.5 Å². The van der Waals surface area contributed by atoms with Crippen molar-refractivity contribution in [1.82, 2.24) is 9.78 Å². The first-order valence-corrected chi connectivity index (χ1v) is 10.8. The van der Waals surface area contributed by atoms with Crippen LogP contribution in [0.5, 0.6) is 11.5 Å². The Morgan fingerprint density at radius 3 is 2.56 bits per heavy atom. The lowest BCUT2D eigenvalue weighted by molar-refractivity contribution is 0.0697. The van der Waals surface area contributed by atoms with Gasteiger partial charge >= 0.3 is 5.97 Å². The van der Waals surface area contributed by atoms with Crippen LogP contribution >= 0.6 is 11.3 Å². The van der Waals surface area contributed by atoms with E-state index >= 15 is 0 Å². The molecule has 0 aliphatic carbocycles. The zero-order valence-corrected chi connectivity index (χ0v) is 19.0. The van der Waals surface area contributed by atoms with Crippen LogP contribution < -0.4 is 14.8 Å². The van der Waals surface area contributed by atoms with Gasteiger partial charge in [0.25, 0.3) is 0 Å². The first-order chi connectivity index (χ1) is 15.4. The molecule has 0 bridgehead atoms. The van der Waals surface area contributed by atoms with Gasteiger partial charge in [0, 0.05) is 16.3 Å². The zero-order valence-electron chi connectivity index (χ0n) is 18.2. The Bertz CT molecular complexity index is 1290. The van der Waals surface area contributed by atoms with Crippen molar-refractivity contribution in [1.29, 1.82) is 0 Å². The first kappa shape index (κ1) is 21.5. The highest BCUT2D eigenvalue weighted by Gasteiger charge is 2.24. The molecule has 0 atom stereocenters. The number of benzene rings is 2. The van der Waals surface area contributed by atoms with Crippen molar-refractivity contribution in [3.8, 4) is 28.3 Å². The number of carbonyl (C=O) groups is 1. The fourth-order valence-corrected chi connectivity index (χ4v) is 4.41. The number of nitrogens with zero attached hydrogens (tertiary/aromatic N) is 2. The number of para-hydroxylation sites is 1. The van der Waals surface area contributed by atoms with Gasteiger partial charge in [0.1, 0.15) is 17.3 Å². The maximum Gasteiger partial charge on any atom is 0.337 e. The number of nitrogens with one attached hydrogen (secondary N) is 1. The van der Waals surface area contributed by atoms with Gasteiger partial charge in [0.15, 0.2) is 0 Å². The molecule has 164 valence electrons. The standard InChI is InChI=1S/C24H23N3O4S/c1-14-7-5-6-8-20(14)27-23(22(15(2)26-27)18-12-32-13-21(18)31-4)25-19-10-9-16(30-3)11-17(19)24(28)29/h5-13,25H,1-4H3,(H,28,29). The van der Waals surface area contributed by atoms with E-state index in [9.17, 15) is 9.90 Å². The fraction of sp³-hybridized carbons (Fsp3) is 0.167. The van der Waals surface area contributed by atoms with Crippen LogP contribution in [0.2, 0.25) is 0 Å². The zero-order chi connectivity index (χ0) is 22.8. The number of hydrogen-bond acceptors (Lipinski definition) is 6. The second-order valence-corrected chi connectivity index (χ2v) is 7.95. The van der Waals surface area contributed by atoms with Crippen molar-refractivity contribution >= 4 is 28.8 Å². The molecule has 0 aliphatic rings. The molecular weight excluding hydrogens is 426 g/mol. The topological polar surface area (TPSA) is 85.6 Å². The quantitative estimate of drug-likeness (QED) is 0.378. The first-order valence-electron chi connectivity index (χ1n) is 9.89. The average molecular weight is 450 g/mol. The van der Waals surface area contributed by atoms with Crippen molar-refractivity contribution in [2.75, 3.05) is 19.5 Å². The molecular formula is C24H23N3O4S. The number of methoxy groups -OCH3 is 2. The third-order valence-corrected chi connectivity index (χ3v) is 5.95. The summed E-state index contributed by atoms with van der Waals surface area (Å²) in [7, 11) is 3.14. The maximum atomic E-state index is 12.0. The summed E-state index contributed by atoms with van der Waals surface area (Å²) >= 11 is 1.53. The Morgan fingerprint density at radius 1 is 1.09 bits per heavy atom. The van der Waals surface area contributed by atoms with Gasteiger partial charge in [-0.2, -0.15) is 5.10 Å². The molecule has 2 heterocycles. The van der Waals surface area contributed by atoms with Crippen molar-refractivity contribution in [3.05, 3.63) is 70.0 Å². The molecule has 32 heavy (non-hydrogen) atoms. The van der Waals surface area contributed by atoms with Crippen LogP contribution in [-0.4, -0.2) is 35.1 Å². The highest BCUT2D eigenvalue weighted by atomic mass is 32.1. The Balaban J connectivity index is 1.96. The lowest BCUT2D eigenvalue weighted by Gasteiger charge is -2.16. The van der Waals surface area contributed by atoms with Crippen LogP contribution in [0.25, 0.3) is 16.8 Å². The third-order valence-electron chi connectivity index (χ3n) is 5.23. The minimum absolute atomic E-state index is 0.0998. The summed E-state index contributed by atoms with van der Waals surface area (Å²) in [5.74, 6) is 0.802. The average Bonchev–Trinajstić information content (AvgIpc) is 3.37. The van der Waals surface area contributed by atoms with Crippen LogP contribution in [0.15, 0.2) is 53.2 Å². The number of thiophene rings is 1. The second-order valence-electron chi connectivity index (χ2n) is 7.20. The molecule has 2 aromatic carbocycles. The summed E-state index contributed by atoms with van der Waals surface area (Å²) in [6.45, 7) is 3.94. The summed E-state index contributed by atoms with van der Waals surface area (Å²) in [6, 6.07) is 12.8. The van der Waals surface area contributed by atoms with Gasteiger partial charge in [-0.25, -0.2) is 9.48 Å². The number of carboxylic acid groups (broad SMARTS) is 1. The van der Waals surface area contributed by atoms with E-state index in [1.807, 2.05) is 53.6 Å². The van der Waals surface area contributed by atoms with Crippen LogP contribution in [0.1, 0.15) is 21.6 Å². The monoisotopic (exact) mass is 449 g/mol. The van der Waals surface area contributed by atoms with Crippen molar-refractivity contribution in [3.63, 3.8) is 0 Å². The summed E-state index contributed by atoms with van der Waals surface area (Å²) in [5.41, 5.74) is 4.99. The second kappa shape index (κ2) is 8.76. The number of hydrogen-bond donors (Lipinski definition) is 2. The van der Waals surface area contributed by atoms with Crippen LogP contribution in [0, 0.1) is 13.8 Å². The largest absolute Gasteiger partial charge is 0.497 e. The summed E-state index contributed by atoms with van der Waals surface area (Å²) in [5, 5.41) is 21.9. The molecule has 0 fully saturated rings. The summed E-state index contributed by atoms with van der Waals surface area (Å²) < 4.78 is 12.6. The Labute approximate surface area is 189 Å². The number of anilines is 2. The van der Waals surface area contributed by atoms with Crippen molar-refractivity contribution in [2.24, 2.45) is 0 Å². The van der Waals surface area contributed by atoms with Crippen LogP contribution in [0.3, 0.4) is 0 Å². The smallest absolute Gasteiger partial charge is 0.337 e. The van der Waals surface area contributed by atoms with E-state index in [0.717, 1.165) is 33.8 Å². The van der Waals surface area contributed by atoms with Crippen LogP contribution in [-0.2, 0) is 0 Å². The Hall–Kier alpha value is -3.78. The molecule has 0 aliphatic heterocycles. The number of aromatic nitrogens is 2. The number of carboxylic acids is 1. The molecule has 2 aromatic heterocycles. The molecule has 0 saturated carbocycles. The predicted octanol–water partition coefficient (Wildman–Crippen LogP) is 5.68. The van der Waals surface area contributed by atoms with Crippen molar-refractivity contribution < 1.29 is 19.4 Å². The molecule has 0 unspecified atom stereocenters. The molecule has 4 rings (SSSR count). The van der Waals surface area contributed by atoms with E-state index in [0.29, 0.717) is 17.3 Å². The molecule has 0 radical (unpaired) electrons. The lowest BCUT2D eigenvalue weighted by atomic mass is 10.1. The van der Waals surface area contributed by atoms with E-state index in [1.54, 1.807) is 19.2 Å². The highest BCUT2D eigenvalue weighted by Crippen LogP contribution is 2.42. The van der Waals surface area contributed by atoms with Gasteiger partial charge in [-0.15, -0.1) is 11.3 Å². The number of aryl methyl sites for hydroxylation is 2. The fourth-order valence-electron chi connectivity index (χ4n) is 3.63. The normalized spacial score (nSPS) is 10.8. The van der Waals surface area contributed by atoms with Gasteiger partial charge in [-0.05, 0) is 43.7 Å². The Kier molecular flexibility index (Phi) is 5.87. The number of aromatic carboxylic acids is 1. The predicted molar refractivity (Wildman–Crippen MR) is 126 cm³/mol. The minimum atomic E-state index is -1.06. The van der Waals surface area contributed by atoms with Crippen LogP contribution in [0.4, 0.5) is 11.5 Å². The summed E-state index contributed by atoms with van der Waals surface area (Å²) in [4.78, 5) is 12.0. The molecule has 0 amide bonds. The molecule has 2 N–H and O–H groups in total. The molecule has 8 heteroatoms. The Morgan fingerprint density at radius 2 is 1.88 bits per heavy atom. The molecule has 7 nitrogen and oxygen atoms in total. The number of rotatable bonds is 7. The van der Waals surface area contributed by atoms with Gasteiger partial charge in [0.2, 0.25) is 0 Å². The van der Waals surface area contributed by atoms with E-state index in [2.05, 4.69) is 5.32 Å². The van der Waals surface area contributed by atoms with Gasteiger partial charge in [0.05, 0.1) is 42.4 Å². The van der Waals surface area contributed by atoms with E-state index in [4.69, 9.17) is 14.6 Å². The van der Waals surface area contributed by atoms with E-state index in [-0.39, 0.29) is 5.56 Å². The SMILES string of the molecule is COc1ccc(Nc2c(-c3cscc3OC)c(C)nn2-c2ccccc2C)c(C(=O)O)c1. The van der Waals surface area contributed by atoms with Crippen molar-refractivity contribution in [2.45, 2.75) is 13.8 Å². The van der Waals surface area contributed by atoms with Gasteiger partial charge < -0.3 is 19.9 Å². The maximum absolute atomic E-state index is 12.0. The third kappa shape index (κ3) is 3.80.